The van der Waals surface area contributed by atoms with Crippen molar-refractivity contribution in [2.75, 3.05) is 19.0 Å². The summed E-state index contributed by atoms with van der Waals surface area (Å²) >= 11 is 0. The zero-order chi connectivity index (χ0) is 23.0. The molecular formula is C23H19N3O6. The van der Waals surface area contributed by atoms with E-state index in [2.05, 4.69) is 28.5 Å². The van der Waals surface area contributed by atoms with Crippen molar-refractivity contribution in [1.29, 1.82) is 0 Å². The monoisotopic (exact) mass is 433 g/mol. The Bertz CT molecular complexity index is 1220. The van der Waals surface area contributed by atoms with E-state index in [4.69, 9.17) is 4.74 Å². The van der Waals surface area contributed by atoms with Crippen LogP contribution in [0.1, 0.15) is 15.9 Å². The number of rotatable bonds is 5. The number of esters is 1. The fourth-order valence-electron chi connectivity index (χ4n) is 3.57. The van der Waals surface area contributed by atoms with Crippen LogP contribution in [0.3, 0.4) is 0 Å². The fourth-order valence-corrected chi connectivity index (χ4v) is 3.57. The van der Waals surface area contributed by atoms with Crippen LogP contribution in [0, 0.1) is 0 Å². The molecule has 2 aliphatic heterocycles. The van der Waals surface area contributed by atoms with Gasteiger partial charge in [0.2, 0.25) is 0 Å². The molecule has 9 nitrogen and oxygen atoms in total. The number of carbonyl (C=O) groups is 4. The molecule has 0 atom stereocenters. The van der Waals surface area contributed by atoms with Crippen LogP contribution in [-0.2, 0) is 25.7 Å². The Hall–Kier alpha value is -4.40. The van der Waals surface area contributed by atoms with Gasteiger partial charge in [-0.2, -0.15) is 0 Å². The summed E-state index contributed by atoms with van der Waals surface area (Å²) < 4.78 is 10.00. The average Bonchev–Trinajstić information content (AvgIpc) is 3.14. The topological polar surface area (TPSA) is 114 Å². The summed E-state index contributed by atoms with van der Waals surface area (Å²) in [7, 11) is 1.16. The lowest BCUT2D eigenvalue weighted by molar-refractivity contribution is -0.137. The molecule has 0 bridgehead atoms. The molecule has 0 radical (unpaired) electrons. The van der Waals surface area contributed by atoms with Crippen LogP contribution in [-0.4, -0.2) is 42.3 Å². The van der Waals surface area contributed by atoms with E-state index in [0.29, 0.717) is 17.0 Å². The van der Waals surface area contributed by atoms with Gasteiger partial charge in [-0.3, -0.25) is 19.3 Å². The molecule has 0 saturated carbocycles. The Morgan fingerprint density at radius 1 is 1.16 bits per heavy atom. The number of fused-ring (bicyclic) bond motifs is 2. The first-order valence-corrected chi connectivity index (χ1v) is 9.58. The first-order valence-electron chi connectivity index (χ1n) is 9.58. The predicted molar refractivity (Wildman–Crippen MR) is 114 cm³/mol. The van der Waals surface area contributed by atoms with Crippen LogP contribution in [0.25, 0.3) is 11.1 Å². The van der Waals surface area contributed by atoms with Gasteiger partial charge in [-0.1, -0.05) is 31.4 Å². The quantitative estimate of drug-likeness (QED) is 0.550. The Labute approximate surface area is 183 Å². The van der Waals surface area contributed by atoms with E-state index in [1.807, 2.05) is 12.1 Å². The number of nitrogens with zero attached hydrogens (tertiary/aromatic N) is 1. The van der Waals surface area contributed by atoms with Crippen LogP contribution in [0.4, 0.5) is 5.69 Å². The molecule has 0 spiro atoms. The highest BCUT2D eigenvalue weighted by molar-refractivity contribution is 6.08. The second-order valence-electron chi connectivity index (χ2n) is 7.14. The number of nitrogens with one attached hydrogen (secondary N) is 2. The standard InChI is InChI=1S/C23H19N3O6/c1-12(23(30)31-3)24-21(28)13(2)26-10-17-15(5-4-6-16(17)22(26)29)14-7-8-18-19(9-14)32-11-20(27)25-18/h4-9H,1-2,10-11H2,3H3,(H,24,28)(H,25,27). The number of ether oxygens (including phenoxy) is 2. The lowest BCUT2D eigenvalue weighted by Crippen LogP contribution is -2.36. The van der Waals surface area contributed by atoms with Gasteiger partial charge in [0.25, 0.3) is 17.7 Å². The summed E-state index contributed by atoms with van der Waals surface area (Å²) in [5.41, 5.74) is 2.93. The minimum atomic E-state index is -0.796. The van der Waals surface area contributed by atoms with Gasteiger partial charge in [-0.15, -0.1) is 0 Å². The zero-order valence-electron chi connectivity index (χ0n) is 17.2. The Balaban J connectivity index is 1.60. The van der Waals surface area contributed by atoms with Gasteiger partial charge in [0, 0.05) is 5.56 Å². The molecular weight excluding hydrogens is 414 g/mol. The Morgan fingerprint density at radius 3 is 2.66 bits per heavy atom. The molecule has 0 aromatic heterocycles. The lowest BCUT2D eigenvalue weighted by atomic mass is 9.96. The van der Waals surface area contributed by atoms with Crippen molar-refractivity contribution < 1.29 is 28.7 Å². The number of carbonyl (C=O) groups excluding carboxylic acids is 4. The first-order chi connectivity index (χ1) is 15.3. The molecule has 2 N–H and O–H groups in total. The summed E-state index contributed by atoms with van der Waals surface area (Å²) in [6.45, 7) is 7.21. The Morgan fingerprint density at radius 2 is 1.91 bits per heavy atom. The number of amides is 3. The van der Waals surface area contributed by atoms with Gasteiger partial charge < -0.3 is 20.1 Å². The third-order valence-electron chi connectivity index (χ3n) is 5.18. The van der Waals surface area contributed by atoms with Gasteiger partial charge >= 0.3 is 5.97 Å². The largest absolute Gasteiger partial charge is 0.482 e. The molecule has 2 aromatic rings. The average molecular weight is 433 g/mol. The molecule has 162 valence electrons. The molecule has 0 aliphatic carbocycles. The lowest BCUT2D eigenvalue weighted by Gasteiger charge is -2.19. The summed E-state index contributed by atoms with van der Waals surface area (Å²) in [6.07, 6.45) is 0. The predicted octanol–water partition coefficient (Wildman–Crippen LogP) is 1.96. The third-order valence-corrected chi connectivity index (χ3v) is 5.18. The van der Waals surface area contributed by atoms with Gasteiger partial charge in [0.15, 0.2) is 6.61 Å². The molecule has 0 saturated heterocycles. The number of benzene rings is 2. The Kier molecular flexibility index (Phi) is 5.23. The van der Waals surface area contributed by atoms with E-state index >= 15 is 0 Å². The molecule has 2 heterocycles. The van der Waals surface area contributed by atoms with E-state index in [0.717, 1.165) is 23.8 Å². The maximum Gasteiger partial charge on any atom is 0.353 e. The second kappa shape index (κ2) is 8.03. The summed E-state index contributed by atoms with van der Waals surface area (Å²) in [4.78, 5) is 49.7. The maximum absolute atomic E-state index is 13.0. The highest BCUT2D eigenvalue weighted by Crippen LogP contribution is 2.38. The van der Waals surface area contributed by atoms with Crippen LogP contribution < -0.4 is 15.4 Å². The highest BCUT2D eigenvalue weighted by atomic mass is 16.5. The SMILES string of the molecule is C=C(NC(=O)C(=C)N1Cc2c(cccc2-c2ccc3c(c2)OCC(=O)N3)C1=O)C(=O)OC. The van der Waals surface area contributed by atoms with Crippen molar-refractivity contribution >= 4 is 29.4 Å². The smallest absolute Gasteiger partial charge is 0.353 e. The molecule has 0 fully saturated rings. The minimum Gasteiger partial charge on any atom is -0.482 e. The van der Waals surface area contributed by atoms with Gasteiger partial charge in [0.05, 0.1) is 19.3 Å². The van der Waals surface area contributed by atoms with Crippen molar-refractivity contribution in [3.63, 3.8) is 0 Å². The van der Waals surface area contributed by atoms with Crippen LogP contribution in [0.2, 0.25) is 0 Å². The van der Waals surface area contributed by atoms with Crippen LogP contribution >= 0.6 is 0 Å². The normalized spacial score (nSPS) is 14.0. The number of hydrogen-bond acceptors (Lipinski definition) is 6. The molecule has 4 rings (SSSR count). The van der Waals surface area contributed by atoms with Crippen molar-refractivity contribution in [1.82, 2.24) is 10.2 Å². The third kappa shape index (κ3) is 3.60. The van der Waals surface area contributed by atoms with Gasteiger partial charge in [-0.05, 0) is 34.9 Å². The van der Waals surface area contributed by atoms with E-state index < -0.39 is 11.9 Å². The van der Waals surface area contributed by atoms with Gasteiger partial charge in [0.1, 0.15) is 17.1 Å². The number of methoxy groups -OCH3 is 1. The molecule has 2 aromatic carbocycles. The molecule has 2 aliphatic rings. The first kappa shape index (κ1) is 20.9. The van der Waals surface area contributed by atoms with Crippen molar-refractivity contribution in [3.05, 3.63) is 72.1 Å². The highest BCUT2D eigenvalue weighted by Gasteiger charge is 2.34. The molecule has 0 unspecified atom stereocenters. The van der Waals surface area contributed by atoms with E-state index in [-0.39, 0.29) is 36.4 Å². The van der Waals surface area contributed by atoms with Crippen molar-refractivity contribution in [2.24, 2.45) is 0 Å². The van der Waals surface area contributed by atoms with Gasteiger partial charge in [-0.25, -0.2) is 4.79 Å². The van der Waals surface area contributed by atoms with Crippen molar-refractivity contribution in [2.45, 2.75) is 6.54 Å². The maximum atomic E-state index is 13.0. The fraction of sp³-hybridized carbons (Fsp3) is 0.130. The second-order valence-corrected chi connectivity index (χ2v) is 7.14. The summed E-state index contributed by atoms with van der Waals surface area (Å²) in [5.74, 6) is -1.60. The van der Waals surface area contributed by atoms with Crippen LogP contribution in [0.15, 0.2) is 61.0 Å². The number of anilines is 1. The van der Waals surface area contributed by atoms with Crippen LogP contribution in [0.5, 0.6) is 5.75 Å². The van der Waals surface area contributed by atoms with Crippen molar-refractivity contribution in [3.8, 4) is 16.9 Å². The van der Waals surface area contributed by atoms with E-state index in [1.165, 1.54) is 4.90 Å². The van der Waals surface area contributed by atoms with E-state index in [9.17, 15) is 19.2 Å². The number of hydrogen-bond donors (Lipinski definition) is 2. The molecule has 9 heteroatoms. The zero-order valence-corrected chi connectivity index (χ0v) is 17.2. The summed E-state index contributed by atoms with van der Waals surface area (Å²) in [6, 6.07) is 10.6. The minimum absolute atomic E-state index is 0.0680. The van der Waals surface area contributed by atoms with E-state index in [1.54, 1.807) is 24.3 Å². The summed E-state index contributed by atoms with van der Waals surface area (Å²) in [5, 5.41) is 5.02. The molecule has 3 amide bonds. The molecule has 32 heavy (non-hydrogen) atoms.